The van der Waals surface area contributed by atoms with Crippen molar-refractivity contribution in [1.29, 1.82) is 0 Å². The van der Waals surface area contributed by atoms with E-state index < -0.39 is 0 Å². The number of aromatic nitrogens is 5. The second kappa shape index (κ2) is 4.56. The van der Waals surface area contributed by atoms with Crippen molar-refractivity contribution in [3.05, 3.63) is 35.4 Å². The molecule has 2 aromatic carbocycles. The lowest BCUT2D eigenvalue weighted by Crippen LogP contribution is -2.13. The number of aromatic amines is 1. The SMILES string of the molecule is CC(C)(C)c1cc2cc(C(C)(C)C)cc3c2c(c1)[nH]c1nnnn13. The van der Waals surface area contributed by atoms with Crippen molar-refractivity contribution in [3.8, 4) is 0 Å². The summed E-state index contributed by atoms with van der Waals surface area (Å²) in [5.74, 6) is 0.668. The molecule has 4 aromatic rings. The number of nitrogens with zero attached hydrogens (tertiary/aromatic N) is 4. The standard InChI is InChI=1S/C19H23N5/c1-18(2,3)12-7-11-8-13(19(4,5)6)10-15-16(11)14(9-12)20-17-21-22-23-24(15)17/h7-10H,1-6H3,(H,20,21,23). The number of fused-ring (bicyclic) bond motifs is 2. The van der Waals surface area contributed by atoms with E-state index in [2.05, 4.69) is 86.3 Å². The second-order valence-electron chi connectivity index (χ2n) is 8.66. The van der Waals surface area contributed by atoms with Gasteiger partial charge in [0.2, 0.25) is 0 Å². The lowest BCUT2D eigenvalue weighted by molar-refractivity contribution is 0.589. The highest BCUT2D eigenvalue weighted by molar-refractivity contribution is 6.08. The summed E-state index contributed by atoms with van der Waals surface area (Å²) in [6.07, 6.45) is 0. The summed E-state index contributed by atoms with van der Waals surface area (Å²) in [6.45, 7) is 13.4. The number of tetrazole rings is 1. The molecule has 2 heterocycles. The normalized spacial score (nSPS) is 13.4. The van der Waals surface area contributed by atoms with Crippen LogP contribution in [0.2, 0.25) is 0 Å². The number of H-pyrrole nitrogens is 1. The van der Waals surface area contributed by atoms with Crippen LogP contribution in [0.4, 0.5) is 0 Å². The summed E-state index contributed by atoms with van der Waals surface area (Å²) in [6, 6.07) is 9.03. The van der Waals surface area contributed by atoms with Crippen LogP contribution >= 0.6 is 0 Å². The zero-order valence-corrected chi connectivity index (χ0v) is 15.1. The molecule has 5 nitrogen and oxygen atoms in total. The minimum atomic E-state index is 0.0572. The monoisotopic (exact) mass is 321 g/mol. The Morgan fingerprint density at radius 2 is 1.50 bits per heavy atom. The van der Waals surface area contributed by atoms with Crippen LogP contribution in [0, 0.1) is 0 Å². The van der Waals surface area contributed by atoms with Crippen molar-refractivity contribution in [1.82, 2.24) is 25.0 Å². The Hall–Kier alpha value is -2.43. The predicted octanol–water partition coefficient (Wildman–Crippen LogP) is 4.35. The van der Waals surface area contributed by atoms with Gasteiger partial charge in [0, 0.05) is 5.39 Å². The topological polar surface area (TPSA) is 58.9 Å². The van der Waals surface area contributed by atoms with Crippen LogP contribution < -0.4 is 0 Å². The van der Waals surface area contributed by atoms with E-state index in [0.29, 0.717) is 5.78 Å². The van der Waals surface area contributed by atoms with Gasteiger partial charge < -0.3 is 4.98 Å². The van der Waals surface area contributed by atoms with Crippen molar-refractivity contribution in [2.75, 3.05) is 0 Å². The molecule has 0 atom stereocenters. The first-order valence-electron chi connectivity index (χ1n) is 8.33. The number of benzene rings is 2. The smallest absolute Gasteiger partial charge is 0.252 e. The van der Waals surface area contributed by atoms with Gasteiger partial charge in [0.25, 0.3) is 5.78 Å². The van der Waals surface area contributed by atoms with Gasteiger partial charge in [-0.1, -0.05) is 58.8 Å². The average Bonchev–Trinajstić information content (AvgIpc) is 2.93. The predicted molar refractivity (Wildman–Crippen MR) is 97.5 cm³/mol. The first-order valence-corrected chi connectivity index (χ1v) is 8.33. The Balaban J connectivity index is 2.24. The molecule has 0 aliphatic heterocycles. The maximum atomic E-state index is 4.17. The fourth-order valence-corrected chi connectivity index (χ4v) is 3.17. The molecule has 0 amide bonds. The molecular formula is C19H23N5. The number of hydrogen-bond acceptors (Lipinski definition) is 3. The van der Waals surface area contributed by atoms with Gasteiger partial charge in [0.15, 0.2) is 0 Å². The number of hydrogen-bond donors (Lipinski definition) is 1. The molecule has 0 unspecified atom stereocenters. The molecule has 2 aromatic heterocycles. The Morgan fingerprint density at radius 1 is 0.875 bits per heavy atom. The third kappa shape index (κ3) is 2.19. The molecule has 0 spiro atoms. The molecule has 5 heteroatoms. The fourth-order valence-electron chi connectivity index (χ4n) is 3.17. The summed E-state index contributed by atoms with van der Waals surface area (Å²) >= 11 is 0. The molecule has 0 aliphatic carbocycles. The average molecular weight is 321 g/mol. The van der Waals surface area contributed by atoms with Crippen molar-refractivity contribution in [3.63, 3.8) is 0 Å². The van der Waals surface area contributed by atoms with E-state index in [-0.39, 0.29) is 10.8 Å². The number of rotatable bonds is 0. The minimum Gasteiger partial charge on any atom is -0.322 e. The fraction of sp³-hybridized carbons (Fsp3) is 0.421. The molecule has 4 rings (SSSR count). The molecule has 24 heavy (non-hydrogen) atoms. The van der Waals surface area contributed by atoms with E-state index in [1.807, 2.05) is 0 Å². The zero-order chi connectivity index (χ0) is 17.3. The first kappa shape index (κ1) is 15.1. The summed E-state index contributed by atoms with van der Waals surface area (Å²) in [7, 11) is 0. The van der Waals surface area contributed by atoms with Gasteiger partial charge in [-0.2, -0.15) is 4.52 Å². The molecule has 0 aliphatic rings. The second-order valence-corrected chi connectivity index (χ2v) is 8.66. The summed E-state index contributed by atoms with van der Waals surface area (Å²) < 4.78 is 1.79. The van der Waals surface area contributed by atoms with E-state index in [1.54, 1.807) is 4.52 Å². The summed E-state index contributed by atoms with van der Waals surface area (Å²) in [5.41, 5.74) is 4.84. The molecule has 0 radical (unpaired) electrons. The third-order valence-electron chi connectivity index (χ3n) is 4.70. The van der Waals surface area contributed by atoms with E-state index in [4.69, 9.17) is 0 Å². The van der Waals surface area contributed by atoms with Gasteiger partial charge in [-0.15, -0.1) is 0 Å². The van der Waals surface area contributed by atoms with Crippen molar-refractivity contribution >= 4 is 27.6 Å². The van der Waals surface area contributed by atoms with Crippen molar-refractivity contribution in [2.45, 2.75) is 52.4 Å². The van der Waals surface area contributed by atoms with Crippen LogP contribution in [0.5, 0.6) is 0 Å². The summed E-state index contributed by atoms with van der Waals surface area (Å²) in [5, 5.41) is 14.5. The maximum absolute atomic E-state index is 4.17. The van der Waals surface area contributed by atoms with Gasteiger partial charge in [-0.3, -0.25) is 0 Å². The van der Waals surface area contributed by atoms with Crippen molar-refractivity contribution < 1.29 is 0 Å². The van der Waals surface area contributed by atoms with Crippen LogP contribution in [-0.2, 0) is 10.8 Å². The van der Waals surface area contributed by atoms with Gasteiger partial charge in [-0.05, 0) is 49.9 Å². The Morgan fingerprint density at radius 3 is 2.12 bits per heavy atom. The maximum Gasteiger partial charge on any atom is 0.252 e. The van der Waals surface area contributed by atoms with Crippen LogP contribution in [0.1, 0.15) is 52.7 Å². The van der Waals surface area contributed by atoms with Crippen LogP contribution in [0.25, 0.3) is 27.6 Å². The highest BCUT2D eigenvalue weighted by Crippen LogP contribution is 2.35. The molecule has 1 N–H and O–H groups in total. The van der Waals surface area contributed by atoms with Crippen LogP contribution in [0.3, 0.4) is 0 Å². The largest absolute Gasteiger partial charge is 0.322 e. The molecule has 0 saturated carbocycles. The van der Waals surface area contributed by atoms with E-state index in [9.17, 15) is 0 Å². The zero-order valence-electron chi connectivity index (χ0n) is 15.1. The number of nitrogens with one attached hydrogen (secondary N) is 1. The molecular weight excluding hydrogens is 298 g/mol. The van der Waals surface area contributed by atoms with E-state index in [0.717, 1.165) is 11.0 Å². The molecule has 0 fully saturated rings. The quantitative estimate of drug-likeness (QED) is 0.523. The van der Waals surface area contributed by atoms with E-state index in [1.165, 1.54) is 21.9 Å². The lowest BCUT2D eigenvalue weighted by Gasteiger charge is -2.23. The Labute approximate surface area is 141 Å². The first-order chi connectivity index (χ1) is 11.1. The highest BCUT2D eigenvalue weighted by atomic mass is 15.5. The van der Waals surface area contributed by atoms with Gasteiger partial charge in [0.1, 0.15) is 0 Å². The molecule has 0 bridgehead atoms. The van der Waals surface area contributed by atoms with Crippen LogP contribution in [0.15, 0.2) is 24.3 Å². The minimum absolute atomic E-state index is 0.0572. The highest BCUT2D eigenvalue weighted by Gasteiger charge is 2.21. The van der Waals surface area contributed by atoms with Gasteiger partial charge in [0.05, 0.1) is 11.0 Å². The van der Waals surface area contributed by atoms with Crippen molar-refractivity contribution in [2.24, 2.45) is 0 Å². The lowest BCUT2D eigenvalue weighted by atomic mass is 9.82. The Bertz CT molecular complexity index is 1070. The van der Waals surface area contributed by atoms with Gasteiger partial charge in [-0.25, -0.2) is 0 Å². The van der Waals surface area contributed by atoms with Gasteiger partial charge >= 0.3 is 0 Å². The van der Waals surface area contributed by atoms with E-state index >= 15 is 0 Å². The van der Waals surface area contributed by atoms with Crippen LogP contribution in [-0.4, -0.2) is 25.0 Å². The Kier molecular flexibility index (Phi) is 2.87. The molecule has 124 valence electrons. The molecule has 0 saturated heterocycles. The summed E-state index contributed by atoms with van der Waals surface area (Å²) in [4.78, 5) is 3.38. The third-order valence-corrected chi connectivity index (χ3v) is 4.70.